The molecule has 2 aromatic rings. The Morgan fingerprint density at radius 1 is 1.29 bits per heavy atom. The lowest BCUT2D eigenvalue weighted by Gasteiger charge is -2.24. The van der Waals surface area contributed by atoms with Crippen molar-refractivity contribution in [2.45, 2.75) is 33.1 Å². The van der Waals surface area contributed by atoms with E-state index in [9.17, 15) is 4.79 Å². The third-order valence-electron chi connectivity index (χ3n) is 3.00. The number of hydrogen-bond donors (Lipinski definition) is 0. The lowest BCUT2D eigenvalue weighted by Crippen LogP contribution is -2.21. The summed E-state index contributed by atoms with van der Waals surface area (Å²) in [7, 11) is 0. The van der Waals surface area contributed by atoms with Crippen LogP contribution in [0, 0.1) is 6.92 Å². The van der Waals surface area contributed by atoms with Gasteiger partial charge < -0.3 is 4.74 Å². The normalized spacial score (nSPS) is 11.5. The van der Waals surface area contributed by atoms with E-state index in [1.807, 2.05) is 19.1 Å². The number of rotatable bonds is 2. The lowest BCUT2D eigenvalue weighted by atomic mass is 9.81. The second kappa shape index (κ2) is 5.95. The van der Waals surface area contributed by atoms with Crippen LogP contribution in [0.3, 0.4) is 0 Å². The van der Waals surface area contributed by atoms with Crippen LogP contribution >= 0.6 is 34.7 Å². The van der Waals surface area contributed by atoms with Crippen LogP contribution in [0.1, 0.15) is 42.3 Å². The van der Waals surface area contributed by atoms with Crippen molar-refractivity contribution in [2.24, 2.45) is 0 Å². The number of esters is 1. The fraction of sp³-hybridized carbons (Fsp3) is 0.333. The topological polar surface area (TPSA) is 39.2 Å². The molecule has 1 aromatic carbocycles. The molecule has 2 rings (SSSR count). The fourth-order valence-corrected chi connectivity index (χ4v) is 3.31. The number of carbonyl (C=O) groups is 1. The van der Waals surface area contributed by atoms with Crippen LogP contribution in [0.4, 0.5) is 0 Å². The molecule has 0 spiro atoms. The third-order valence-corrected chi connectivity index (χ3v) is 4.66. The minimum absolute atomic E-state index is 0.143. The average Bonchev–Trinajstić information content (AvgIpc) is 2.69. The Bertz CT molecular complexity index is 689. The Morgan fingerprint density at radius 3 is 2.48 bits per heavy atom. The summed E-state index contributed by atoms with van der Waals surface area (Å²) in [6.45, 7) is 8.15. The predicted molar refractivity (Wildman–Crippen MR) is 87.0 cm³/mol. The van der Waals surface area contributed by atoms with Gasteiger partial charge in [-0.05, 0) is 29.5 Å². The van der Waals surface area contributed by atoms with Crippen molar-refractivity contribution in [2.75, 3.05) is 0 Å². The SMILES string of the molecule is Cc1cccc(C(=O)Oc2snc(Cl)c2Cl)c1C(C)(C)C. The molecule has 0 unspecified atom stereocenters. The van der Waals surface area contributed by atoms with E-state index in [1.54, 1.807) is 6.07 Å². The first kappa shape index (κ1) is 16.3. The Morgan fingerprint density at radius 2 is 1.95 bits per heavy atom. The van der Waals surface area contributed by atoms with E-state index in [4.69, 9.17) is 27.9 Å². The highest BCUT2D eigenvalue weighted by atomic mass is 35.5. The van der Waals surface area contributed by atoms with Gasteiger partial charge in [0.1, 0.15) is 5.02 Å². The molecular weight excluding hydrogens is 329 g/mol. The summed E-state index contributed by atoms with van der Waals surface area (Å²) in [6, 6.07) is 5.57. The second-order valence-electron chi connectivity index (χ2n) is 5.71. The molecule has 0 fully saturated rings. The van der Waals surface area contributed by atoms with Gasteiger partial charge in [0, 0.05) is 11.5 Å². The zero-order valence-electron chi connectivity index (χ0n) is 12.2. The van der Waals surface area contributed by atoms with E-state index in [0.29, 0.717) is 5.56 Å². The molecule has 0 saturated carbocycles. The van der Waals surface area contributed by atoms with Crippen molar-refractivity contribution in [3.63, 3.8) is 0 Å². The summed E-state index contributed by atoms with van der Waals surface area (Å²) in [6.07, 6.45) is 0. The molecule has 1 aromatic heterocycles. The van der Waals surface area contributed by atoms with Crippen molar-refractivity contribution >= 4 is 40.7 Å². The monoisotopic (exact) mass is 343 g/mol. The summed E-state index contributed by atoms with van der Waals surface area (Å²) in [5, 5.41) is 0.526. The predicted octanol–water partition coefficient (Wildman–Crippen LogP) is 5.28. The molecule has 1 heterocycles. The number of hydrogen-bond acceptors (Lipinski definition) is 4. The molecule has 0 aliphatic rings. The standard InChI is InChI=1S/C15H15Cl2NO2S/c1-8-6-5-7-9(10(8)15(2,3)4)13(19)20-14-11(16)12(17)18-21-14/h5-7H,1-4H3. The summed E-state index contributed by atoms with van der Waals surface area (Å²) in [5.74, 6) is -0.453. The number of benzene rings is 1. The van der Waals surface area contributed by atoms with Crippen LogP contribution in [0.2, 0.25) is 10.2 Å². The van der Waals surface area contributed by atoms with Gasteiger partial charge in [-0.25, -0.2) is 4.79 Å². The maximum atomic E-state index is 12.5. The molecule has 0 bridgehead atoms. The minimum atomic E-state index is -0.453. The van der Waals surface area contributed by atoms with Gasteiger partial charge in [-0.1, -0.05) is 56.1 Å². The van der Waals surface area contributed by atoms with Gasteiger partial charge in [0.15, 0.2) is 5.15 Å². The third kappa shape index (κ3) is 3.39. The molecule has 3 nitrogen and oxygen atoms in total. The van der Waals surface area contributed by atoms with Crippen LogP contribution < -0.4 is 4.74 Å². The molecule has 6 heteroatoms. The first-order valence-electron chi connectivity index (χ1n) is 6.34. The Kier molecular flexibility index (Phi) is 4.61. The maximum Gasteiger partial charge on any atom is 0.344 e. The van der Waals surface area contributed by atoms with E-state index in [2.05, 4.69) is 25.1 Å². The highest BCUT2D eigenvalue weighted by Crippen LogP contribution is 2.37. The Labute approximate surface area is 138 Å². The van der Waals surface area contributed by atoms with Gasteiger partial charge in [0.2, 0.25) is 5.06 Å². The second-order valence-corrected chi connectivity index (χ2v) is 7.18. The van der Waals surface area contributed by atoms with Gasteiger partial charge in [0.05, 0.1) is 5.56 Å². The zero-order chi connectivity index (χ0) is 15.8. The van der Waals surface area contributed by atoms with E-state index in [0.717, 1.165) is 22.7 Å². The van der Waals surface area contributed by atoms with E-state index in [-0.39, 0.29) is 20.7 Å². The number of ether oxygens (including phenoxy) is 1. The minimum Gasteiger partial charge on any atom is -0.409 e. The highest BCUT2D eigenvalue weighted by molar-refractivity contribution is 7.09. The zero-order valence-corrected chi connectivity index (χ0v) is 14.5. The summed E-state index contributed by atoms with van der Waals surface area (Å²) >= 11 is 12.7. The van der Waals surface area contributed by atoms with Crippen molar-refractivity contribution < 1.29 is 9.53 Å². The van der Waals surface area contributed by atoms with Gasteiger partial charge in [-0.2, -0.15) is 4.37 Å². The van der Waals surface area contributed by atoms with E-state index >= 15 is 0 Å². The van der Waals surface area contributed by atoms with Gasteiger partial charge in [-0.3, -0.25) is 0 Å². The Hall–Kier alpha value is -1.10. The number of halogens is 2. The Balaban J connectivity index is 2.41. The van der Waals surface area contributed by atoms with E-state index in [1.165, 1.54) is 0 Å². The molecule has 0 saturated heterocycles. The van der Waals surface area contributed by atoms with Crippen LogP contribution in [-0.4, -0.2) is 10.3 Å². The number of aromatic nitrogens is 1. The van der Waals surface area contributed by atoms with Crippen molar-refractivity contribution in [1.29, 1.82) is 0 Å². The highest BCUT2D eigenvalue weighted by Gasteiger charge is 2.25. The molecule has 0 amide bonds. The summed E-state index contributed by atoms with van der Waals surface area (Å²) in [5.41, 5.74) is 2.37. The molecule has 0 atom stereocenters. The molecule has 112 valence electrons. The molecule has 0 aliphatic carbocycles. The van der Waals surface area contributed by atoms with Crippen molar-refractivity contribution in [1.82, 2.24) is 4.37 Å². The molecule has 21 heavy (non-hydrogen) atoms. The van der Waals surface area contributed by atoms with E-state index < -0.39 is 5.97 Å². The number of carbonyl (C=O) groups excluding carboxylic acids is 1. The average molecular weight is 344 g/mol. The largest absolute Gasteiger partial charge is 0.409 e. The lowest BCUT2D eigenvalue weighted by molar-refractivity contribution is 0.0738. The maximum absolute atomic E-state index is 12.5. The first-order valence-corrected chi connectivity index (χ1v) is 7.87. The fourth-order valence-electron chi connectivity index (χ4n) is 2.28. The van der Waals surface area contributed by atoms with Gasteiger partial charge >= 0.3 is 5.97 Å². The van der Waals surface area contributed by atoms with Gasteiger partial charge in [0.25, 0.3) is 0 Å². The molecular formula is C15H15Cl2NO2S. The molecule has 0 N–H and O–H groups in total. The van der Waals surface area contributed by atoms with Crippen LogP contribution in [0.25, 0.3) is 0 Å². The first-order chi connectivity index (χ1) is 9.71. The molecule has 0 aliphatic heterocycles. The van der Waals surface area contributed by atoms with Crippen LogP contribution in [0.5, 0.6) is 5.06 Å². The smallest absolute Gasteiger partial charge is 0.344 e. The van der Waals surface area contributed by atoms with Crippen molar-refractivity contribution in [3.8, 4) is 5.06 Å². The van der Waals surface area contributed by atoms with Crippen LogP contribution in [-0.2, 0) is 5.41 Å². The van der Waals surface area contributed by atoms with Crippen molar-refractivity contribution in [3.05, 3.63) is 45.1 Å². The number of nitrogens with zero attached hydrogens (tertiary/aromatic N) is 1. The quantitative estimate of drug-likeness (QED) is 0.696. The molecule has 0 radical (unpaired) electrons. The number of aryl methyl sites for hydroxylation is 1. The van der Waals surface area contributed by atoms with Crippen LogP contribution in [0.15, 0.2) is 18.2 Å². The summed E-state index contributed by atoms with van der Waals surface area (Å²) in [4.78, 5) is 12.5. The summed E-state index contributed by atoms with van der Waals surface area (Å²) < 4.78 is 9.19. The van der Waals surface area contributed by atoms with Gasteiger partial charge in [-0.15, -0.1) is 0 Å².